The third-order valence-corrected chi connectivity index (χ3v) is 2.72. The zero-order chi connectivity index (χ0) is 9.72. The first-order chi connectivity index (χ1) is 5.43. The SMILES string of the molecule is [CH2]C(C)CC(C)CC(C)C(C)C. The maximum atomic E-state index is 4.03. The van der Waals surface area contributed by atoms with Crippen LogP contribution in [-0.2, 0) is 0 Å². The van der Waals surface area contributed by atoms with Gasteiger partial charge in [-0.3, -0.25) is 0 Å². The van der Waals surface area contributed by atoms with Crippen molar-refractivity contribution in [2.24, 2.45) is 23.7 Å². The van der Waals surface area contributed by atoms with E-state index in [9.17, 15) is 0 Å². The van der Waals surface area contributed by atoms with Gasteiger partial charge in [0.2, 0.25) is 0 Å². The number of hydrogen-bond donors (Lipinski definition) is 0. The predicted molar refractivity (Wildman–Crippen MR) is 56.9 cm³/mol. The van der Waals surface area contributed by atoms with Crippen LogP contribution in [0.1, 0.15) is 47.5 Å². The van der Waals surface area contributed by atoms with E-state index < -0.39 is 0 Å². The van der Waals surface area contributed by atoms with Crippen molar-refractivity contribution in [1.82, 2.24) is 0 Å². The molecule has 3 unspecified atom stereocenters. The minimum atomic E-state index is 0.611. The van der Waals surface area contributed by atoms with Crippen LogP contribution in [0.2, 0.25) is 0 Å². The molecule has 3 atom stereocenters. The maximum absolute atomic E-state index is 4.03. The second kappa shape index (κ2) is 5.61. The van der Waals surface area contributed by atoms with E-state index in [4.69, 9.17) is 0 Å². The first-order valence-electron chi connectivity index (χ1n) is 5.26. The summed E-state index contributed by atoms with van der Waals surface area (Å²) < 4.78 is 0. The topological polar surface area (TPSA) is 0 Å². The van der Waals surface area contributed by atoms with Crippen LogP contribution in [0.4, 0.5) is 0 Å². The summed E-state index contributed by atoms with van der Waals surface area (Å²) in [6, 6.07) is 0. The third kappa shape index (κ3) is 5.62. The standard InChI is InChI=1S/C12H25/c1-9(2)7-11(5)8-12(6)10(3)4/h9-12H,1,7-8H2,2-6H3. The Kier molecular flexibility index (Phi) is 5.61. The highest BCUT2D eigenvalue weighted by molar-refractivity contribution is 4.65. The summed E-state index contributed by atoms with van der Waals surface area (Å²) >= 11 is 0. The monoisotopic (exact) mass is 169 g/mol. The molecule has 0 bridgehead atoms. The minimum absolute atomic E-state index is 0.611. The third-order valence-electron chi connectivity index (χ3n) is 2.72. The van der Waals surface area contributed by atoms with Crippen LogP contribution < -0.4 is 0 Å². The van der Waals surface area contributed by atoms with Crippen LogP contribution in [0.15, 0.2) is 0 Å². The van der Waals surface area contributed by atoms with Crippen molar-refractivity contribution in [3.05, 3.63) is 6.92 Å². The van der Waals surface area contributed by atoms with E-state index in [-0.39, 0.29) is 0 Å². The number of rotatable bonds is 5. The summed E-state index contributed by atoms with van der Waals surface area (Å²) in [6.45, 7) is 15.6. The molecule has 0 aliphatic heterocycles. The lowest BCUT2D eigenvalue weighted by molar-refractivity contribution is 0.307. The van der Waals surface area contributed by atoms with Crippen molar-refractivity contribution < 1.29 is 0 Å². The molecule has 0 heteroatoms. The predicted octanol–water partition coefficient (Wildman–Crippen LogP) is 4.16. The van der Waals surface area contributed by atoms with Crippen molar-refractivity contribution in [2.75, 3.05) is 0 Å². The lowest BCUT2D eigenvalue weighted by Crippen LogP contribution is -2.10. The molecule has 0 aliphatic carbocycles. The Hall–Kier alpha value is 0. The molecule has 0 aliphatic rings. The Balaban J connectivity index is 3.61. The van der Waals surface area contributed by atoms with Gasteiger partial charge in [0.05, 0.1) is 0 Å². The molecule has 1 radical (unpaired) electrons. The molecule has 0 amide bonds. The molecule has 0 spiro atoms. The van der Waals surface area contributed by atoms with E-state index in [0.29, 0.717) is 5.92 Å². The Morgan fingerprint density at radius 1 is 0.917 bits per heavy atom. The summed E-state index contributed by atoms with van der Waals surface area (Å²) in [6.07, 6.45) is 2.63. The summed E-state index contributed by atoms with van der Waals surface area (Å²) in [7, 11) is 0. The van der Waals surface area contributed by atoms with Gasteiger partial charge >= 0.3 is 0 Å². The quantitative estimate of drug-likeness (QED) is 0.579. The van der Waals surface area contributed by atoms with Crippen LogP contribution in [0.25, 0.3) is 0 Å². The van der Waals surface area contributed by atoms with Crippen LogP contribution in [-0.4, -0.2) is 0 Å². The Labute approximate surface area is 78.8 Å². The highest BCUT2D eigenvalue weighted by atomic mass is 14.2. The van der Waals surface area contributed by atoms with Gasteiger partial charge in [0.15, 0.2) is 0 Å². The van der Waals surface area contributed by atoms with Gasteiger partial charge in [-0.1, -0.05) is 41.5 Å². The van der Waals surface area contributed by atoms with Gasteiger partial charge in [0, 0.05) is 0 Å². The van der Waals surface area contributed by atoms with Crippen LogP contribution in [0, 0.1) is 30.6 Å². The summed E-state index contributed by atoms with van der Waals surface area (Å²) in [4.78, 5) is 0. The maximum Gasteiger partial charge on any atom is -0.0417 e. The molecule has 0 aromatic carbocycles. The smallest absolute Gasteiger partial charge is 0.0417 e. The molecule has 0 rings (SSSR count). The van der Waals surface area contributed by atoms with Crippen molar-refractivity contribution >= 4 is 0 Å². The van der Waals surface area contributed by atoms with Crippen LogP contribution >= 0.6 is 0 Å². The molecule has 0 aromatic heterocycles. The Morgan fingerprint density at radius 3 is 1.75 bits per heavy atom. The van der Waals surface area contributed by atoms with Gasteiger partial charge in [-0.25, -0.2) is 0 Å². The van der Waals surface area contributed by atoms with Crippen LogP contribution in [0.3, 0.4) is 0 Å². The van der Waals surface area contributed by atoms with Crippen molar-refractivity contribution in [2.45, 2.75) is 47.5 Å². The normalized spacial score (nSPS) is 17.0. The fourth-order valence-electron chi connectivity index (χ4n) is 1.69. The molecule has 0 nitrogen and oxygen atoms in total. The van der Waals surface area contributed by atoms with Gasteiger partial charge < -0.3 is 0 Å². The van der Waals surface area contributed by atoms with Crippen molar-refractivity contribution in [3.8, 4) is 0 Å². The van der Waals surface area contributed by atoms with Crippen molar-refractivity contribution in [3.63, 3.8) is 0 Å². The highest BCUT2D eigenvalue weighted by Gasteiger charge is 2.12. The van der Waals surface area contributed by atoms with E-state index in [2.05, 4.69) is 41.5 Å². The van der Waals surface area contributed by atoms with E-state index in [1.807, 2.05) is 0 Å². The molecule has 0 fully saturated rings. The molecule has 0 saturated heterocycles. The van der Waals surface area contributed by atoms with Gasteiger partial charge in [-0.2, -0.15) is 0 Å². The average molecular weight is 169 g/mol. The molecule has 0 aromatic rings. The minimum Gasteiger partial charge on any atom is -0.0625 e. The molecular formula is C12H25. The first kappa shape index (κ1) is 12.0. The zero-order valence-corrected chi connectivity index (χ0v) is 9.43. The Morgan fingerprint density at radius 2 is 1.42 bits per heavy atom. The van der Waals surface area contributed by atoms with E-state index in [1.165, 1.54) is 12.8 Å². The summed E-state index contributed by atoms with van der Waals surface area (Å²) in [5.74, 6) is 3.14. The lowest BCUT2D eigenvalue weighted by atomic mass is 9.85. The second-order valence-electron chi connectivity index (χ2n) is 4.90. The molecule has 0 N–H and O–H groups in total. The lowest BCUT2D eigenvalue weighted by Gasteiger charge is -2.21. The van der Waals surface area contributed by atoms with Gasteiger partial charge in [0.25, 0.3) is 0 Å². The molecule has 0 heterocycles. The van der Waals surface area contributed by atoms with Gasteiger partial charge in [0.1, 0.15) is 0 Å². The fraction of sp³-hybridized carbons (Fsp3) is 0.917. The average Bonchev–Trinajstić information content (AvgIpc) is 1.84. The number of hydrogen-bond acceptors (Lipinski definition) is 0. The largest absolute Gasteiger partial charge is 0.0625 e. The zero-order valence-electron chi connectivity index (χ0n) is 9.43. The first-order valence-corrected chi connectivity index (χ1v) is 5.26. The van der Waals surface area contributed by atoms with Gasteiger partial charge in [-0.15, -0.1) is 0 Å². The van der Waals surface area contributed by atoms with E-state index in [1.54, 1.807) is 0 Å². The van der Waals surface area contributed by atoms with E-state index in [0.717, 1.165) is 17.8 Å². The Bertz CT molecular complexity index is 103. The molecular weight excluding hydrogens is 144 g/mol. The highest BCUT2D eigenvalue weighted by Crippen LogP contribution is 2.23. The van der Waals surface area contributed by atoms with Crippen LogP contribution in [0.5, 0.6) is 0 Å². The second-order valence-corrected chi connectivity index (χ2v) is 4.90. The molecule has 73 valence electrons. The van der Waals surface area contributed by atoms with E-state index >= 15 is 0 Å². The molecule has 0 saturated carbocycles. The summed E-state index contributed by atoms with van der Waals surface area (Å²) in [5, 5.41) is 0. The van der Waals surface area contributed by atoms with Crippen molar-refractivity contribution in [1.29, 1.82) is 0 Å². The summed E-state index contributed by atoms with van der Waals surface area (Å²) in [5.41, 5.74) is 0. The molecule has 12 heavy (non-hydrogen) atoms. The fourth-order valence-corrected chi connectivity index (χ4v) is 1.69. The van der Waals surface area contributed by atoms with Gasteiger partial charge in [-0.05, 0) is 36.5 Å².